The largest absolute Gasteiger partial charge is 0.507 e. The third-order valence-electron chi connectivity index (χ3n) is 4.34. The van der Waals surface area contributed by atoms with Gasteiger partial charge in [0.2, 0.25) is 5.91 Å². The lowest BCUT2D eigenvalue weighted by Crippen LogP contribution is -2.35. The first-order chi connectivity index (χ1) is 12.0. The zero-order valence-corrected chi connectivity index (χ0v) is 14.2. The Kier molecular flexibility index (Phi) is 4.68. The number of benzene rings is 1. The van der Waals surface area contributed by atoms with Crippen LogP contribution in [0.3, 0.4) is 0 Å². The Labute approximate surface area is 146 Å². The molecule has 0 aliphatic heterocycles. The molecule has 1 saturated carbocycles. The molecule has 3 rings (SSSR count). The van der Waals surface area contributed by atoms with Crippen LogP contribution in [0.1, 0.15) is 36.8 Å². The molecule has 0 saturated heterocycles. The van der Waals surface area contributed by atoms with E-state index >= 15 is 0 Å². The average molecular weight is 336 g/mol. The van der Waals surface area contributed by atoms with Gasteiger partial charge in [0.25, 0.3) is 0 Å². The van der Waals surface area contributed by atoms with Gasteiger partial charge in [-0.1, -0.05) is 5.92 Å². The Morgan fingerprint density at radius 2 is 2.12 bits per heavy atom. The summed E-state index contributed by atoms with van der Waals surface area (Å²) in [5.41, 5.74) is 2.80. The minimum atomic E-state index is -0.328. The molecule has 1 fully saturated rings. The Morgan fingerprint density at radius 1 is 1.36 bits per heavy atom. The highest BCUT2D eigenvalue weighted by Crippen LogP contribution is 2.45. The highest BCUT2D eigenvalue weighted by Gasteiger charge is 2.29. The van der Waals surface area contributed by atoms with Crippen LogP contribution in [0.2, 0.25) is 0 Å². The first-order valence-corrected chi connectivity index (χ1v) is 8.19. The number of anilines is 1. The van der Waals surface area contributed by atoms with Crippen molar-refractivity contribution in [3.05, 3.63) is 35.4 Å². The molecule has 6 heteroatoms. The first kappa shape index (κ1) is 16.9. The third kappa shape index (κ3) is 3.62. The van der Waals surface area contributed by atoms with Gasteiger partial charge in [-0.25, -0.2) is 0 Å². The molecule has 1 aliphatic carbocycles. The summed E-state index contributed by atoms with van der Waals surface area (Å²) in [7, 11) is 1.72. The number of phenolic OH excluding ortho intramolecular Hbond substituents is 1. The van der Waals surface area contributed by atoms with E-state index in [-0.39, 0.29) is 17.7 Å². The third-order valence-corrected chi connectivity index (χ3v) is 4.34. The average Bonchev–Trinajstić information content (AvgIpc) is 3.46. The van der Waals surface area contributed by atoms with E-state index in [0.717, 1.165) is 18.4 Å². The Bertz CT molecular complexity index is 853. The van der Waals surface area contributed by atoms with Crippen LogP contribution in [0.5, 0.6) is 5.75 Å². The summed E-state index contributed by atoms with van der Waals surface area (Å²) >= 11 is 0. The molecule has 0 bridgehead atoms. The van der Waals surface area contributed by atoms with Crippen molar-refractivity contribution in [2.75, 3.05) is 12.4 Å². The van der Waals surface area contributed by atoms with Gasteiger partial charge in [0.15, 0.2) is 5.82 Å². The van der Waals surface area contributed by atoms with Crippen LogP contribution >= 0.6 is 0 Å². The van der Waals surface area contributed by atoms with Crippen LogP contribution in [0.25, 0.3) is 11.3 Å². The zero-order chi connectivity index (χ0) is 18.0. The molecule has 1 amide bonds. The lowest BCUT2D eigenvalue weighted by atomic mass is 10.0. The second-order valence-corrected chi connectivity index (χ2v) is 6.18. The summed E-state index contributed by atoms with van der Waals surface area (Å²) in [4.78, 5) is 12.0. The highest BCUT2D eigenvalue weighted by molar-refractivity contribution is 5.93. The maximum atomic E-state index is 12.0. The van der Waals surface area contributed by atoms with Gasteiger partial charge in [0.05, 0.1) is 6.04 Å². The van der Waals surface area contributed by atoms with Crippen LogP contribution < -0.4 is 10.6 Å². The van der Waals surface area contributed by atoms with Crippen molar-refractivity contribution in [2.24, 2.45) is 0 Å². The minimum Gasteiger partial charge on any atom is -0.507 e. The molecule has 0 radical (unpaired) electrons. The van der Waals surface area contributed by atoms with E-state index in [1.807, 2.05) is 6.07 Å². The number of carbonyl (C=O) groups excluding carboxylic acids is 1. The molecule has 6 nitrogen and oxygen atoms in total. The number of nitrogens with zero attached hydrogens (tertiary/aromatic N) is 2. The van der Waals surface area contributed by atoms with E-state index in [1.54, 1.807) is 26.1 Å². The van der Waals surface area contributed by atoms with E-state index in [9.17, 15) is 9.90 Å². The molecular weight excluding hydrogens is 316 g/mol. The maximum absolute atomic E-state index is 12.0. The van der Waals surface area contributed by atoms with E-state index in [4.69, 9.17) is 6.42 Å². The topological polar surface area (TPSA) is 87.1 Å². The Balaban J connectivity index is 1.96. The van der Waals surface area contributed by atoms with Crippen LogP contribution in [0.4, 0.5) is 5.82 Å². The van der Waals surface area contributed by atoms with Crippen LogP contribution in [0, 0.1) is 12.3 Å². The van der Waals surface area contributed by atoms with E-state index in [1.165, 1.54) is 6.07 Å². The molecule has 25 heavy (non-hydrogen) atoms. The van der Waals surface area contributed by atoms with Gasteiger partial charge in [0.1, 0.15) is 11.4 Å². The van der Waals surface area contributed by atoms with Gasteiger partial charge in [-0.2, -0.15) is 0 Å². The van der Waals surface area contributed by atoms with Crippen molar-refractivity contribution in [2.45, 2.75) is 31.7 Å². The summed E-state index contributed by atoms with van der Waals surface area (Å²) in [6, 6.07) is 6.57. The van der Waals surface area contributed by atoms with Gasteiger partial charge in [0, 0.05) is 11.1 Å². The predicted octanol–water partition coefficient (Wildman–Crippen LogP) is 2.25. The number of amides is 1. The number of terminal acetylenes is 1. The highest BCUT2D eigenvalue weighted by atomic mass is 16.3. The predicted molar refractivity (Wildman–Crippen MR) is 96.2 cm³/mol. The molecule has 1 atom stereocenters. The van der Waals surface area contributed by atoms with E-state index in [2.05, 4.69) is 26.8 Å². The van der Waals surface area contributed by atoms with Crippen LogP contribution in [-0.4, -0.2) is 34.3 Å². The van der Waals surface area contributed by atoms with Crippen molar-refractivity contribution >= 4 is 11.7 Å². The fourth-order valence-corrected chi connectivity index (χ4v) is 2.57. The summed E-state index contributed by atoms with van der Waals surface area (Å²) in [5, 5.41) is 24.3. The lowest BCUT2D eigenvalue weighted by Gasteiger charge is -2.13. The molecule has 1 aromatic heterocycles. The first-order valence-electron chi connectivity index (χ1n) is 8.19. The number of likely N-dealkylation sites (N-methyl/N-ethyl adjacent to an activating group) is 1. The number of nitrogens with one attached hydrogen (secondary N) is 2. The fourth-order valence-electron chi connectivity index (χ4n) is 2.57. The van der Waals surface area contributed by atoms with Gasteiger partial charge < -0.3 is 15.7 Å². The number of rotatable bonds is 5. The van der Waals surface area contributed by atoms with Gasteiger partial charge in [-0.3, -0.25) is 4.79 Å². The van der Waals surface area contributed by atoms with Gasteiger partial charge in [-0.05, 0) is 62.6 Å². The smallest absolute Gasteiger partial charge is 0.242 e. The number of phenols is 1. The Hall–Kier alpha value is -2.91. The summed E-state index contributed by atoms with van der Waals surface area (Å²) in [6.45, 7) is 1.77. The summed E-state index contributed by atoms with van der Waals surface area (Å²) in [5.74, 6) is 3.18. The monoisotopic (exact) mass is 336 g/mol. The van der Waals surface area contributed by atoms with Crippen molar-refractivity contribution in [3.63, 3.8) is 0 Å². The molecule has 2 aromatic rings. The molecule has 3 N–H and O–H groups in total. The molecular formula is C19H20N4O2. The van der Waals surface area contributed by atoms with E-state index < -0.39 is 0 Å². The lowest BCUT2D eigenvalue weighted by molar-refractivity contribution is -0.117. The number of carbonyl (C=O) groups is 1. The van der Waals surface area contributed by atoms with Crippen molar-refractivity contribution in [1.29, 1.82) is 0 Å². The summed E-state index contributed by atoms with van der Waals surface area (Å²) in [6.07, 6.45) is 7.48. The van der Waals surface area contributed by atoms with Gasteiger partial charge >= 0.3 is 0 Å². The van der Waals surface area contributed by atoms with Crippen LogP contribution in [-0.2, 0) is 4.79 Å². The molecule has 1 aliphatic rings. The standard InChI is InChI=1S/C19H20N4O2/c1-4-12-5-8-14(16(24)9-12)18-15(13-6-7-13)10-17(22-23-18)21-19(25)11(2)20-3/h1,5,8-11,13,20,24H,6-7H2,2-3H3,(H,21,22,25)/t11-/m0/s1. The number of hydrogen-bond acceptors (Lipinski definition) is 5. The molecule has 0 spiro atoms. The maximum Gasteiger partial charge on any atom is 0.242 e. The van der Waals surface area contributed by atoms with Gasteiger partial charge in [-0.15, -0.1) is 16.6 Å². The SMILES string of the molecule is C#Cc1ccc(-c2nnc(NC(=O)[C@H](C)NC)cc2C2CC2)c(O)c1. The van der Waals surface area contributed by atoms with Crippen LogP contribution in [0.15, 0.2) is 24.3 Å². The summed E-state index contributed by atoms with van der Waals surface area (Å²) < 4.78 is 0. The van der Waals surface area contributed by atoms with Crippen molar-refractivity contribution in [3.8, 4) is 29.4 Å². The van der Waals surface area contributed by atoms with Crippen molar-refractivity contribution in [1.82, 2.24) is 15.5 Å². The second kappa shape index (κ2) is 6.91. The second-order valence-electron chi connectivity index (χ2n) is 6.18. The molecule has 0 unspecified atom stereocenters. The molecule has 1 heterocycles. The number of aromatic hydroxyl groups is 1. The molecule has 128 valence electrons. The van der Waals surface area contributed by atoms with E-state index in [0.29, 0.717) is 28.6 Å². The normalized spacial score (nSPS) is 14.6. The fraction of sp³-hybridized carbons (Fsp3) is 0.316. The number of aromatic nitrogens is 2. The van der Waals surface area contributed by atoms with Crippen molar-refractivity contribution < 1.29 is 9.90 Å². The number of hydrogen-bond donors (Lipinski definition) is 3. The minimum absolute atomic E-state index is 0.0761. The molecule has 1 aromatic carbocycles. The Morgan fingerprint density at radius 3 is 2.72 bits per heavy atom. The zero-order valence-electron chi connectivity index (χ0n) is 14.2. The quantitative estimate of drug-likeness (QED) is 0.729.